The van der Waals surface area contributed by atoms with Crippen LogP contribution >= 0.6 is 0 Å². The fraction of sp³-hybridized carbons (Fsp3) is 0.611. The first kappa shape index (κ1) is 35.4. The number of rotatable bonds is 19. The summed E-state index contributed by atoms with van der Waals surface area (Å²) in [6.07, 6.45) is 6.35. The van der Waals surface area contributed by atoms with Crippen LogP contribution in [0.3, 0.4) is 0 Å². The molecule has 0 N–H and O–H groups in total. The van der Waals surface area contributed by atoms with Crippen molar-refractivity contribution in [1.29, 1.82) is 0 Å². The number of hydrogen-bond acceptors (Lipinski definition) is 5. The van der Waals surface area contributed by atoms with Crippen LogP contribution in [0.1, 0.15) is 114 Å². The van der Waals surface area contributed by atoms with E-state index < -0.39 is 18.2 Å². The molecular formula is C36H49F3O5. The van der Waals surface area contributed by atoms with E-state index in [2.05, 4.69) is 19.1 Å². The van der Waals surface area contributed by atoms with Gasteiger partial charge in [0.05, 0.1) is 12.5 Å². The SMILES string of the molecule is CCCCCCCCCCOc1ccc2c(c1)CCC(C(=O)Oc1ccc(CCC(=O)OC(CCCC)C(F)(F)F)cc1)C2. The summed E-state index contributed by atoms with van der Waals surface area (Å²) in [5.41, 5.74) is 3.10. The minimum atomic E-state index is -4.57. The molecule has 44 heavy (non-hydrogen) atoms. The van der Waals surface area contributed by atoms with E-state index in [4.69, 9.17) is 14.2 Å². The normalized spacial score (nSPS) is 15.3. The van der Waals surface area contributed by atoms with Crippen molar-refractivity contribution in [3.63, 3.8) is 0 Å². The number of carbonyl (C=O) groups is 2. The molecule has 0 bridgehead atoms. The maximum absolute atomic E-state index is 13.1. The highest BCUT2D eigenvalue weighted by molar-refractivity contribution is 5.76. The zero-order valence-corrected chi connectivity index (χ0v) is 26.4. The Morgan fingerprint density at radius 3 is 2.18 bits per heavy atom. The van der Waals surface area contributed by atoms with Crippen LogP contribution in [0, 0.1) is 5.92 Å². The highest BCUT2D eigenvalue weighted by Crippen LogP contribution is 2.30. The van der Waals surface area contributed by atoms with Crippen molar-refractivity contribution in [2.45, 2.75) is 129 Å². The van der Waals surface area contributed by atoms with E-state index in [1.165, 1.54) is 50.5 Å². The predicted molar refractivity (Wildman–Crippen MR) is 166 cm³/mol. The summed E-state index contributed by atoms with van der Waals surface area (Å²) >= 11 is 0. The number of ether oxygens (including phenoxy) is 3. The van der Waals surface area contributed by atoms with Crippen LogP contribution in [-0.2, 0) is 33.6 Å². The molecule has 8 heteroatoms. The number of halogens is 3. The maximum atomic E-state index is 13.1. The van der Waals surface area contributed by atoms with Gasteiger partial charge in [-0.1, -0.05) is 83.4 Å². The zero-order chi connectivity index (χ0) is 31.8. The van der Waals surface area contributed by atoms with Gasteiger partial charge >= 0.3 is 18.1 Å². The second-order valence-corrected chi connectivity index (χ2v) is 11.9. The molecule has 244 valence electrons. The third kappa shape index (κ3) is 12.5. The number of carbonyl (C=O) groups excluding carboxylic acids is 2. The second kappa shape index (κ2) is 18.7. The molecule has 0 fully saturated rings. The minimum absolute atomic E-state index is 0.161. The zero-order valence-electron chi connectivity index (χ0n) is 26.4. The summed E-state index contributed by atoms with van der Waals surface area (Å²) in [5, 5.41) is 0. The molecular weight excluding hydrogens is 569 g/mol. The molecule has 2 aromatic rings. The van der Waals surface area contributed by atoms with Gasteiger partial charge in [0.25, 0.3) is 0 Å². The Morgan fingerprint density at radius 1 is 0.841 bits per heavy atom. The molecule has 0 aliphatic heterocycles. The number of benzene rings is 2. The topological polar surface area (TPSA) is 61.8 Å². The van der Waals surface area contributed by atoms with Crippen LogP contribution in [-0.4, -0.2) is 30.8 Å². The van der Waals surface area contributed by atoms with Gasteiger partial charge in [-0.05, 0) is 85.9 Å². The van der Waals surface area contributed by atoms with Crippen molar-refractivity contribution >= 4 is 11.9 Å². The van der Waals surface area contributed by atoms with Gasteiger partial charge in [0.15, 0.2) is 6.10 Å². The molecule has 0 aromatic heterocycles. The number of alkyl halides is 3. The molecule has 0 saturated carbocycles. The number of aryl methyl sites for hydroxylation is 2. The first-order valence-electron chi connectivity index (χ1n) is 16.5. The third-order valence-electron chi connectivity index (χ3n) is 8.22. The molecule has 2 atom stereocenters. The molecule has 0 saturated heterocycles. The lowest BCUT2D eigenvalue weighted by atomic mass is 9.84. The Labute approximate surface area is 260 Å². The van der Waals surface area contributed by atoms with Crippen LogP contribution < -0.4 is 9.47 Å². The molecule has 1 aliphatic carbocycles. The smallest absolute Gasteiger partial charge is 0.425 e. The van der Waals surface area contributed by atoms with Gasteiger partial charge in [-0.3, -0.25) is 9.59 Å². The number of hydrogen-bond donors (Lipinski definition) is 0. The molecule has 3 rings (SSSR count). The average Bonchev–Trinajstić information content (AvgIpc) is 3.01. The van der Waals surface area contributed by atoms with Crippen molar-refractivity contribution in [2.75, 3.05) is 6.61 Å². The Balaban J connectivity index is 1.38. The molecule has 0 radical (unpaired) electrons. The molecule has 5 nitrogen and oxygen atoms in total. The Kier molecular flexibility index (Phi) is 15.1. The standard InChI is InChI=1S/C36H49F3O5/c1-3-5-7-8-9-10-11-12-24-42-32-22-19-28-25-30(18-17-29(28)26-32)35(41)43-31-20-14-27(15-21-31)16-23-34(40)44-33(13-6-4-2)36(37,38)39/h14-15,19-22,26,30,33H,3-13,16-18,23-25H2,1-2H3. The summed E-state index contributed by atoms with van der Waals surface area (Å²) in [6.45, 7) is 4.75. The molecule has 1 aliphatic rings. The third-order valence-corrected chi connectivity index (χ3v) is 8.22. The van der Waals surface area contributed by atoms with E-state index in [1.54, 1.807) is 31.2 Å². The van der Waals surface area contributed by atoms with Crippen LogP contribution in [0.5, 0.6) is 11.5 Å². The van der Waals surface area contributed by atoms with E-state index in [1.807, 2.05) is 6.07 Å². The molecule has 0 amide bonds. The summed E-state index contributed by atoms with van der Waals surface area (Å²) in [5.74, 6) is -0.118. The predicted octanol–water partition coefficient (Wildman–Crippen LogP) is 9.51. The van der Waals surface area contributed by atoms with Gasteiger partial charge in [-0.25, -0.2) is 0 Å². The second-order valence-electron chi connectivity index (χ2n) is 11.9. The van der Waals surface area contributed by atoms with Crippen molar-refractivity contribution in [3.8, 4) is 11.5 Å². The largest absolute Gasteiger partial charge is 0.494 e. The van der Waals surface area contributed by atoms with Gasteiger partial charge < -0.3 is 14.2 Å². The van der Waals surface area contributed by atoms with Crippen molar-refractivity contribution < 1.29 is 37.0 Å². The molecule has 2 unspecified atom stereocenters. The van der Waals surface area contributed by atoms with Crippen molar-refractivity contribution in [3.05, 3.63) is 59.2 Å². The quantitative estimate of drug-likeness (QED) is 0.0892. The van der Waals surface area contributed by atoms with Crippen molar-refractivity contribution in [2.24, 2.45) is 5.92 Å². The number of unbranched alkanes of at least 4 members (excludes halogenated alkanes) is 8. The lowest BCUT2D eigenvalue weighted by molar-refractivity contribution is -0.222. The first-order valence-corrected chi connectivity index (χ1v) is 16.5. The highest BCUT2D eigenvalue weighted by Gasteiger charge is 2.42. The fourth-order valence-corrected chi connectivity index (χ4v) is 5.51. The van der Waals surface area contributed by atoms with Crippen LogP contribution in [0.4, 0.5) is 13.2 Å². The van der Waals surface area contributed by atoms with Gasteiger partial charge in [0, 0.05) is 6.42 Å². The Bertz CT molecular complexity index is 1150. The van der Waals surface area contributed by atoms with Gasteiger partial charge in [-0.15, -0.1) is 0 Å². The first-order chi connectivity index (χ1) is 21.2. The molecule has 0 spiro atoms. The maximum Gasteiger partial charge on any atom is 0.425 e. The van der Waals surface area contributed by atoms with Gasteiger partial charge in [0.2, 0.25) is 0 Å². The monoisotopic (exact) mass is 618 g/mol. The van der Waals surface area contributed by atoms with E-state index in [0.29, 0.717) is 31.4 Å². The minimum Gasteiger partial charge on any atom is -0.494 e. The van der Waals surface area contributed by atoms with E-state index in [9.17, 15) is 22.8 Å². The van der Waals surface area contributed by atoms with Crippen molar-refractivity contribution in [1.82, 2.24) is 0 Å². The van der Waals surface area contributed by atoms with Gasteiger partial charge in [-0.2, -0.15) is 13.2 Å². The lowest BCUT2D eigenvalue weighted by Crippen LogP contribution is -2.33. The molecule has 2 aromatic carbocycles. The molecule has 0 heterocycles. The summed E-state index contributed by atoms with van der Waals surface area (Å²) in [7, 11) is 0. The fourth-order valence-electron chi connectivity index (χ4n) is 5.51. The van der Waals surface area contributed by atoms with E-state index >= 15 is 0 Å². The summed E-state index contributed by atoms with van der Waals surface area (Å²) < 4.78 is 55.7. The van der Waals surface area contributed by atoms with Crippen LogP contribution in [0.15, 0.2) is 42.5 Å². The summed E-state index contributed by atoms with van der Waals surface area (Å²) in [4.78, 5) is 25.0. The van der Waals surface area contributed by atoms with Crippen LogP contribution in [0.2, 0.25) is 0 Å². The van der Waals surface area contributed by atoms with Gasteiger partial charge in [0.1, 0.15) is 11.5 Å². The number of fused-ring (bicyclic) bond motifs is 1. The lowest BCUT2D eigenvalue weighted by Gasteiger charge is -2.24. The number of esters is 2. The average molecular weight is 619 g/mol. The Morgan fingerprint density at radius 2 is 1.50 bits per heavy atom. The van der Waals surface area contributed by atoms with Crippen LogP contribution in [0.25, 0.3) is 0 Å². The van der Waals surface area contributed by atoms with E-state index in [0.717, 1.165) is 36.3 Å². The highest BCUT2D eigenvalue weighted by atomic mass is 19.4. The van der Waals surface area contributed by atoms with E-state index in [-0.39, 0.29) is 31.1 Å². The Hall–Kier alpha value is -3.03. The summed E-state index contributed by atoms with van der Waals surface area (Å²) in [6, 6.07) is 12.8.